The molecule has 7 nitrogen and oxygen atoms in total. The lowest BCUT2D eigenvalue weighted by atomic mass is 10.2. The van der Waals surface area contributed by atoms with Crippen LogP contribution in [0.15, 0.2) is 23.1 Å². The highest BCUT2D eigenvalue weighted by Crippen LogP contribution is 2.24. The van der Waals surface area contributed by atoms with E-state index in [0.29, 0.717) is 0 Å². The minimum atomic E-state index is -3.94. The van der Waals surface area contributed by atoms with Gasteiger partial charge in [-0.15, -0.1) is 0 Å². The van der Waals surface area contributed by atoms with Crippen molar-refractivity contribution >= 4 is 21.7 Å². The van der Waals surface area contributed by atoms with Crippen LogP contribution in [0.2, 0.25) is 0 Å². The Bertz CT molecular complexity index is 679. The molecule has 0 saturated heterocycles. The Morgan fingerprint density at radius 1 is 1.52 bits per heavy atom. The van der Waals surface area contributed by atoms with Gasteiger partial charge in [0.1, 0.15) is 0 Å². The molecular formula is C13H17N3O4S. The average Bonchev–Trinajstić information content (AvgIpc) is 2.45. The zero-order valence-electron chi connectivity index (χ0n) is 12.0. The summed E-state index contributed by atoms with van der Waals surface area (Å²) in [6.45, 7) is 1.61. The molecule has 2 N–H and O–H groups in total. The first-order valence-corrected chi connectivity index (χ1v) is 7.52. The van der Waals surface area contributed by atoms with Gasteiger partial charge in [0.25, 0.3) is 0 Å². The van der Waals surface area contributed by atoms with E-state index in [-0.39, 0.29) is 22.6 Å². The summed E-state index contributed by atoms with van der Waals surface area (Å²) in [5.74, 6) is -0.790. The van der Waals surface area contributed by atoms with E-state index < -0.39 is 22.0 Å². The third kappa shape index (κ3) is 3.51. The van der Waals surface area contributed by atoms with E-state index in [1.165, 1.54) is 25.2 Å². The predicted molar refractivity (Wildman–Crippen MR) is 76.8 cm³/mol. The van der Waals surface area contributed by atoms with Crippen LogP contribution in [0, 0.1) is 11.3 Å². The molecule has 0 radical (unpaired) electrons. The molecule has 8 heteroatoms. The largest absolute Gasteiger partial charge is 0.465 e. The second kappa shape index (κ2) is 6.56. The Morgan fingerprint density at radius 3 is 2.67 bits per heavy atom. The highest BCUT2D eigenvalue weighted by molar-refractivity contribution is 7.89. The van der Waals surface area contributed by atoms with Gasteiger partial charge in [-0.05, 0) is 25.1 Å². The first kappa shape index (κ1) is 16.9. The van der Waals surface area contributed by atoms with Crippen molar-refractivity contribution in [1.29, 1.82) is 5.26 Å². The van der Waals surface area contributed by atoms with Crippen molar-refractivity contribution < 1.29 is 17.9 Å². The van der Waals surface area contributed by atoms with Crippen molar-refractivity contribution in [2.24, 2.45) is 0 Å². The summed E-state index contributed by atoms with van der Waals surface area (Å²) in [6.07, 6.45) is 0.0399. The monoisotopic (exact) mass is 311 g/mol. The molecule has 0 aromatic heterocycles. The molecule has 0 amide bonds. The number of sulfonamides is 1. The third-order valence-electron chi connectivity index (χ3n) is 3.07. The number of rotatable bonds is 5. The molecule has 114 valence electrons. The standard InChI is InChI=1S/C13H17N3O4S/c1-9(6-7-14)16(2)21(18,19)12-5-4-10(15)8-11(12)13(17)20-3/h4-5,8-9H,6,15H2,1-3H3. The number of nitrogens with zero attached hydrogens (tertiary/aromatic N) is 2. The van der Waals surface area contributed by atoms with Crippen LogP contribution in [-0.2, 0) is 14.8 Å². The highest BCUT2D eigenvalue weighted by Gasteiger charge is 2.30. The van der Waals surface area contributed by atoms with Gasteiger partial charge in [0.05, 0.1) is 30.1 Å². The zero-order chi connectivity index (χ0) is 16.2. The van der Waals surface area contributed by atoms with Crippen molar-refractivity contribution in [2.45, 2.75) is 24.3 Å². The number of esters is 1. The van der Waals surface area contributed by atoms with Crippen LogP contribution >= 0.6 is 0 Å². The average molecular weight is 311 g/mol. The van der Waals surface area contributed by atoms with Gasteiger partial charge >= 0.3 is 5.97 Å². The van der Waals surface area contributed by atoms with Gasteiger partial charge in [-0.2, -0.15) is 9.57 Å². The Labute approximate surface area is 124 Å². The summed E-state index contributed by atoms with van der Waals surface area (Å²) in [4.78, 5) is 11.5. The molecule has 1 aromatic carbocycles. The van der Waals surface area contributed by atoms with Crippen LogP contribution in [0.5, 0.6) is 0 Å². The molecule has 0 bridgehead atoms. The van der Waals surface area contributed by atoms with Gasteiger partial charge in [-0.25, -0.2) is 13.2 Å². The van der Waals surface area contributed by atoms with Crippen LogP contribution in [0.1, 0.15) is 23.7 Å². The number of benzene rings is 1. The van der Waals surface area contributed by atoms with Crippen molar-refractivity contribution in [1.82, 2.24) is 4.31 Å². The lowest BCUT2D eigenvalue weighted by Gasteiger charge is -2.23. The van der Waals surface area contributed by atoms with Crippen molar-refractivity contribution in [2.75, 3.05) is 19.9 Å². The summed E-state index contributed by atoms with van der Waals surface area (Å²) in [5.41, 5.74) is 5.71. The van der Waals surface area contributed by atoms with Gasteiger partial charge in [-0.3, -0.25) is 0 Å². The van der Waals surface area contributed by atoms with Crippen molar-refractivity contribution in [3.05, 3.63) is 23.8 Å². The summed E-state index contributed by atoms with van der Waals surface area (Å²) >= 11 is 0. The van der Waals surface area contributed by atoms with E-state index >= 15 is 0 Å². The van der Waals surface area contributed by atoms with Crippen LogP contribution < -0.4 is 5.73 Å². The molecule has 1 rings (SSSR count). The lowest BCUT2D eigenvalue weighted by molar-refractivity contribution is 0.0596. The Hall–Kier alpha value is -2.11. The van der Waals surface area contributed by atoms with Gasteiger partial charge in [0, 0.05) is 18.8 Å². The zero-order valence-corrected chi connectivity index (χ0v) is 12.8. The fourth-order valence-electron chi connectivity index (χ4n) is 1.69. The van der Waals surface area contributed by atoms with Crippen LogP contribution in [0.4, 0.5) is 5.69 Å². The molecule has 0 aliphatic heterocycles. The van der Waals surface area contributed by atoms with Crippen molar-refractivity contribution in [3.8, 4) is 6.07 Å². The van der Waals surface area contributed by atoms with Crippen molar-refractivity contribution in [3.63, 3.8) is 0 Å². The lowest BCUT2D eigenvalue weighted by Crippen LogP contribution is -2.35. The minimum Gasteiger partial charge on any atom is -0.465 e. The normalized spacial score (nSPS) is 12.7. The number of nitriles is 1. The summed E-state index contributed by atoms with van der Waals surface area (Å²) in [6, 6.07) is 5.29. The topological polar surface area (TPSA) is 113 Å². The van der Waals surface area contributed by atoms with Crippen LogP contribution in [0.3, 0.4) is 0 Å². The summed E-state index contributed by atoms with van der Waals surface area (Å²) < 4.78 is 30.8. The molecule has 1 aromatic rings. The molecule has 0 spiro atoms. The van der Waals surface area contributed by atoms with E-state index in [4.69, 9.17) is 11.0 Å². The third-order valence-corrected chi connectivity index (χ3v) is 5.10. The summed E-state index contributed by atoms with van der Waals surface area (Å²) in [7, 11) is -1.42. The smallest absolute Gasteiger partial charge is 0.339 e. The molecule has 0 aliphatic rings. The Morgan fingerprint density at radius 2 is 2.14 bits per heavy atom. The van der Waals surface area contributed by atoms with E-state index in [1.54, 1.807) is 6.92 Å². The number of hydrogen-bond donors (Lipinski definition) is 1. The molecule has 1 atom stereocenters. The van der Waals surface area contributed by atoms with E-state index in [1.807, 2.05) is 6.07 Å². The number of carbonyl (C=O) groups is 1. The fourth-order valence-corrected chi connectivity index (χ4v) is 3.21. The first-order chi connectivity index (χ1) is 9.75. The number of ether oxygens (including phenoxy) is 1. The number of hydrogen-bond acceptors (Lipinski definition) is 6. The molecule has 1 unspecified atom stereocenters. The number of nitrogens with two attached hydrogens (primary N) is 1. The second-order valence-electron chi connectivity index (χ2n) is 4.48. The Kier molecular flexibility index (Phi) is 5.29. The number of anilines is 1. The second-order valence-corrected chi connectivity index (χ2v) is 6.45. The minimum absolute atomic E-state index is 0.0399. The molecular weight excluding hydrogens is 294 g/mol. The quantitative estimate of drug-likeness (QED) is 0.640. The van der Waals surface area contributed by atoms with Crippen LogP contribution in [-0.4, -0.2) is 38.9 Å². The molecule has 0 heterocycles. The number of nitrogen functional groups attached to an aromatic ring is 1. The molecule has 0 saturated carbocycles. The maximum Gasteiger partial charge on any atom is 0.339 e. The first-order valence-electron chi connectivity index (χ1n) is 6.08. The van der Waals surface area contributed by atoms with E-state index in [2.05, 4.69) is 4.74 Å². The number of methoxy groups -OCH3 is 1. The van der Waals surface area contributed by atoms with Gasteiger partial charge in [0.2, 0.25) is 10.0 Å². The molecule has 21 heavy (non-hydrogen) atoms. The van der Waals surface area contributed by atoms with E-state index in [0.717, 1.165) is 11.4 Å². The molecule has 0 aliphatic carbocycles. The Balaban J connectivity index is 3.39. The maximum absolute atomic E-state index is 12.6. The van der Waals surface area contributed by atoms with E-state index in [9.17, 15) is 13.2 Å². The SMILES string of the molecule is COC(=O)c1cc(N)ccc1S(=O)(=O)N(C)C(C)CC#N. The predicted octanol–water partition coefficient (Wildman–Crippen LogP) is 0.978. The maximum atomic E-state index is 12.6. The fraction of sp³-hybridized carbons (Fsp3) is 0.385. The van der Waals surface area contributed by atoms with Gasteiger partial charge in [-0.1, -0.05) is 0 Å². The summed E-state index contributed by atoms with van der Waals surface area (Å²) in [5, 5.41) is 8.68. The number of carbonyl (C=O) groups excluding carboxylic acids is 1. The van der Waals surface area contributed by atoms with Crippen LogP contribution in [0.25, 0.3) is 0 Å². The molecule has 0 fully saturated rings. The highest BCUT2D eigenvalue weighted by atomic mass is 32.2. The van der Waals surface area contributed by atoms with Gasteiger partial charge < -0.3 is 10.5 Å². The van der Waals surface area contributed by atoms with Gasteiger partial charge in [0.15, 0.2) is 0 Å².